The number of para-hydroxylation sites is 4. The van der Waals surface area contributed by atoms with Gasteiger partial charge in [-0.25, -0.2) is 9.97 Å². The monoisotopic (exact) mass is 727 g/mol. The molecule has 0 spiro atoms. The first-order valence-electron chi connectivity index (χ1n) is 19.3. The van der Waals surface area contributed by atoms with Gasteiger partial charge in [0.15, 0.2) is 5.82 Å². The molecule has 0 radical (unpaired) electrons. The molecule has 266 valence electrons. The third-order valence-electron chi connectivity index (χ3n) is 11.5. The highest BCUT2D eigenvalue weighted by Gasteiger charge is 2.23. The molecule has 0 bridgehead atoms. The summed E-state index contributed by atoms with van der Waals surface area (Å²) >= 11 is 0. The molecule has 5 heteroatoms. The van der Waals surface area contributed by atoms with Crippen LogP contribution in [0.1, 0.15) is 0 Å². The van der Waals surface area contributed by atoms with Crippen molar-refractivity contribution in [2.24, 2.45) is 0 Å². The smallest absolute Gasteiger partial charge is 0.160 e. The first-order chi connectivity index (χ1) is 28.3. The summed E-state index contributed by atoms with van der Waals surface area (Å²) in [6, 6.07) is 69.1. The van der Waals surface area contributed by atoms with Gasteiger partial charge in [-0.3, -0.25) is 0 Å². The minimum atomic E-state index is 0.694. The summed E-state index contributed by atoms with van der Waals surface area (Å²) in [6.45, 7) is 0. The summed E-state index contributed by atoms with van der Waals surface area (Å²) in [4.78, 5) is 10.5. The molecule has 12 aromatic rings. The third kappa shape index (κ3) is 4.76. The summed E-state index contributed by atoms with van der Waals surface area (Å²) in [5, 5.41) is 7.06. The lowest BCUT2D eigenvalue weighted by atomic mass is 10.1. The van der Waals surface area contributed by atoms with Crippen LogP contribution in [-0.2, 0) is 0 Å². The van der Waals surface area contributed by atoms with Gasteiger partial charge in [0.1, 0.15) is 0 Å². The molecule has 0 N–H and O–H groups in total. The largest absolute Gasteiger partial charge is 0.316 e. The van der Waals surface area contributed by atoms with E-state index < -0.39 is 0 Å². The van der Waals surface area contributed by atoms with Crippen LogP contribution in [0.2, 0.25) is 0 Å². The van der Waals surface area contributed by atoms with Crippen molar-refractivity contribution >= 4 is 65.4 Å². The summed E-state index contributed by atoms with van der Waals surface area (Å²) in [6.07, 6.45) is 2.20. The van der Waals surface area contributed by atoms with Gasteiger partial charge < -0.3 is 13.7 Å². The van der Waals surface area contributed by atoms with Crippen molar-refractivity contribution in [1.29, 1.82) is 0 Å². The zero-order valence-electron chi connectivity index (χ0n) is 30.8. The molecule has 0 unspecified atom stereocenters. The fourth-order valence-corrected chi connectivity index (χ4v) is 8.98. The number of fused-ring (bicyclic) bond motifs is 10. The van der Waals surface area contributed by atoms with E-state index in [4.69, 9.17) is 9.97 Å². The lowest BCUT2D eigenvalue weighted by Gasteiger charge is -2.14. The fraction of sp³-hybridized carbons (Fsp3) is 0. The standard InChI is InChI=1S/C52H33N5/c1-4-15-34(16-5-1)48-43-24-10-12-25-45(43)53-52(54-48)35-17-14-22-38(33-35)57-49-41(29-30-46-44(49)31-32-55(46)36-18-6-2-7-19-36)42-28-27-40-39-23-11-13-26-47(39)56(50(40)51(42)57)37-20-8-3-9-21-37/h1-33H. The Hall–Kier alpha value is -7.76. The number of aromatic nitrogens is 5. The van der Waals surface area contributed by atoms with Crippen molar-refractivity contribution in [3.63, 3.8) is 0 Å². The molecule has 0 aliphatic rings. The highest BCUT2D eigenvalue weighted by molar-refractivity contribution is 6.27. The molecule has 5 nitrogen and oxygen atoms in total. The number of hydrogen-bond acceptors (Lipinski definition) is 2. The fourth-order valence-electron chi connectivity index (χ4n) is 8.98. The van der Waals surface area contributed by atoms with Gasteiger partial charge in [0.05, 0.1) is 38.8 Å². The molecular weight excluding hydrogens is 695 g/mol. The van der Waals surface area contributed by atoms with E-state index in [9.17, 15) is 0 Å². The van der Waals surface area contributed by atoms with E-state index in [1.807, 2.05) is 12.1 Å². The number of nitrogens with zero attached hydrogens (tertiary/aromatic N) is 5. The highest BCUT2D eigenvalue weighted by atomic mass is 15.1. The van der Waals surface area contributed by atoms with Gasteiger partial charge in [0, 0.05) is 66.7 Å². The van der Waals surface area contributed by atoms with E-state index in [1.165, 1.54) is 38.0 Å². The van der Waals surface area contributed by atoms with Crippen LogP contribution < -0.4 is 0 Å². The van der Waals surface area contributed by atoms with Gasteiger partial charge in [0.25, 0.3) is 0 Å². The molecular formula is C52H33N5. The number of rotatable bonds is 5. The SMILES string of the molecule is c1ccc(-c2nc(-c3cccc(-n4c5c(ccc6c5ccn6-c5ccccc5)c5ccc6c7ccccc7n(-c7ccccc7)c6c54)c3)nc3ccccc23)cc1. The van der Waals surface area contributed by atoms with Gasteiger partial charge in [-0.1, -0.05) is 133 Å². The summed E-state index contributed by atoms with van der Waals surface area (Å²) in [5.74, 6) is 0.694. The molecule has 4 heterocycles. The van der Waals surface area contributed by atoms with Gasteiger partial charge in [-0.05, 0) is 60.7 Å². The Balaban J connectivity index is 1.21. The minimum absolute atomic E-state index is 0.694. The Bertz CT molecular complexity index is 3500. The Labute approximate surface area is 328 Å². The van der Waals surface area contributed by atoms with Crippen molar-refractivity contribution in [3.8, 4) is 39.7 Å². The first-order valence-corrected chi connectivity index (χ1v) is 19.3. The Morgan fingerprint density at radius 3 is 1.74 bits per heavy atom. The second kappa shape index (κ2) is 12.4. The first kappa shape index (κ1) is 31.6. The van der Waals surface area contributed by atoms with E-state index in [0.29, 0.717) is 5.82 Å². The van der Waals surface area contributed by atoms with Crippen LogP contribution >= 0.6 is 0 Å². The summed E-state index contributed by atoms with van der Waals surface area (Å²) in [7, 11) is 0. The van der Waals surface area contributed by atoms with Crippen molar-refractivity contribution in [3.05, 3.63) is 200 Å². The van der Waals surface area contributed by atoms with Crippen LogP contribution in [-0.4, -0.2) is 23.7 Å². The Morgan fingerprint density at radius 1 is 0.333 bits per heavy atom. The zero-order valence-corrected chi connectivity index (χ0v) is 30.8. The van der Waals surface area contributed by atoms with E-state index in [2.05, 4.69) is 202 Å². The molecule has 0 saturated carbocycles. The maximum Gasteiger partial charge on any atom is 0.160 e. The normalized spacial score (nSPS) is 11.9. The summed E-state index contributed by atoms with van der Waals surface area (Å²) in [5.41, 5.74) is 13.0. The topological polar surface area (TPSA) is 40.6 Å². The second-order valence-electron chi connectivity index (χ2n) is 14.6. The van der Waals surface area contributed by atoms with Crippen LogP contribution in [0, 0.1) is 0 Å². The quantitative estimate of drug-likeness (QED) is 0.177. The minimum Gasteiger partial charge on any atom is -0.316 e. The Morgan fingerprint density at radius 2 is 0.930 bits per heavy atom. The van der Waals surface area contributed by atoms with E-state index in [-0.39, 0.29) is 0 Å². The molecule has 0 aliphatic carbocycles. The third-order valence-corrected chi connectivity index (χ3v) is 11.5. The predicted octanol–water partition coefficient (Wildman–Crippen LogP) is 13.1. The van der Waals surface area contributed by atoms with Crippen molar-refractivity contribution in [1.82, 2.24) is 23.7 Å². The van der Waals surface area contributed by atoms with Gasteiger partial charge in [-0.15, -0.1) is 0 Å². The molecule has 0 aliphatic heterocycles. The van der Waals surface area contributed by atoms with Crippen LogP contribution in [0.4, 0.5) is 0 Å². The van der Waals surface area contributed by atoms with Crippen molar-refractivity contribution in [2.45, 2.75) is 0 Å². The number of benzene rings is 8. The predicted molar refractivity (Wildman–Crippen MR) is 236 cm³/mol. The summed E-state index contributed by atoms with van der Waals surface area (Å²) < 4.78 is 7.22. The average Bonchev–Trinajstić information content (AvgIpc) is 3.97. The van der Waals surface area contributed by atoms with E-state index in [1.54, 1.807) is 0 Å². The van der Waals surface area contributed by atoms with Gasteiger partial charge in [-0.2, -0.15) is 0 Å². The van der Waals surface area contributed by atoms with Crippen LogP contribution in [0.25, 0.3) is 105 Å². The molecule has 0 fully saturated rings. The lowest BCUT2D eigenvalue weighted by molar-refractivity contribution is 1.13. The molecule has 4 aromatic heterocycles. The van der Waals surface area contributed by atoms with Crippen molar-refractivity contribution in [2.75, 3.05) is 0 Å². The van der Waals surface area contributed by atoms with Crippen LogP contribution in [0.5, 0.6) is 0 Å². The van der Waals surface area contributed by atoms with Crippen molar-refractivity contribution < 1.29 is 0 Å². The molecule has 0 saturated heterocycles. The lowest BCUT2D eigenvalue weighted by Crippen LogP contribution is -2.00. The maximum atomic E-state index is 5.28. The Kier molecular flexibility index (Phi) is 6.86. The molecule has 57 heavy (non-hydrogen) atoms. The zero-order chi connectivity index (χ0) is 37.5. The second-order valence-corrected chi connectivity index (χ2v) is 14.6. The van der Waals surface area contributed by atoms with Gasteiger partial charge in [0.2, 0.25) is 0 Å². The molecule has 12 rings (SSSR count). The van der Waals surface area contributed by atoms with Crippen LogP contribution in [0.3, 0.4) is 0 Å². The van der Waals surface area contributed by atoms with E-state index >= 15 is 0 Å². The molecule has 0 amide bonds. The number of hydrogen-bond donors (Lipinski definition) is 0. The van der Waals surface area contributed by atoms with Gasteiger partial charge >= 0.3 is 0 Å². The molecule has 8 aromatic carbocycles. The highest BCUT2D eigenvalue weighted by Crippen LogP contribution is 2.44. The maximum absolute atomic E-state index is 5.28. The van der Waals surface area contributed by atoms with Crippen LogP contribution in [0.15, 0.2) is 200 Å². The average molecular weight is 728 g/mol. The van der Waals surface area contributed by atoms with E-state index in [0.717, 1.165) is 61.3 Å². The molecule has 0 atom stereocenters.